The van der Waals surface area contributed by atoms with Gasteiger partial charge in [0.15, 0.2) is 7.37 Å². The fraction of sp³-hybridized carbons (Fsp3) is 0.862. The van der Waals surface area contributed by atoms with Gasteiger partial charge in [0.2, 0.25) is 5.95 Å². The Morgan fingerprint density at radius 1 is 0.900 bits per heavy atom. The van der Waals surface area contributed by atoms with Crippen LogP contribution < -0.4 is 26.6 Å². The summed E-state index contributed by atoms with van der Waals surface area (Å²) < 4.78 is 11.6. The fourth-order valence-electron chi connectivity index (χ4n) is 6.44. The van der Waals surface area contributed by atoms with Gasteiger partial charge in [0, 0.05) is 58.2 Å². The van der Waals surface area contributed by atoms with Crippen LogP contribution in [0.15, 0.2) is 6.07 Å². The molecule has 1 aliphatic heterocycles. The number of aromatic nitrogens is 2. The molecule has 40 heavy (non-hydrogen) atoms. The van der Waals surface area contributed by atoms with Crippen molar-refractivity contribution in [2.75, 3.05) is 94.2 Å². The predicted molar refractivity (Wildman–Crippen MR) is 167 cm³/mol. The van der Waals surface area contributed by atoms with Crippen LogP contribution in [0.4, 0.5) is 17.6 Å². The Labute approximate surface area is 242 Å². The van der Waals surface area contributed by atoms with Crippen molar-refractivity contribution in [1.29, 1.82) is 0 Å². The minimum Gasteiger partial charge on any atom is -0.383 e. The lowest BCUT2D eigenvalue weighted by molar-refractivity contribution is 0.269. The smallest absolute Gasteiger partial charge is 0.226 e. The zero-order valence-corrected chi connectivity index (χ0v) is 25.7. The molecule has 228 valence electrons. The Morgan fingerprint density at radius 3 is 2.12 bits per heavy atom. The van der Waals surface area contributed by atoms with E-state index in [-0.39, 0.29) is 0 Å². The van der Waals surface area contributed by atoms with E-state index in [1.807, 2.05) is 6.07 Å². The zero-order chi connectivity index (χ0) is 28.2. The molecule has 1 aromatic rings. The minimum absolute atomic E-state index is 0.345. The number of nitrogens with zero attached hydrogens (tertiary/aromatic N) is 4. The summed E-state index contributed by atoms with van der Waals surface area (Å²) in [7, 11) is -2.96. The molecule has 1 saturated heterocycles. The van der Waals surface area contributed by atoms with Crippen LogP contribution >= 0.6 is 7.37 Å². The van der Waals surface area contributed by atoms with Crippen LogP contribution in [0.5, 0.6) is 0 Å². The number of anilines is 3. The summed E-state index contributed by atoms with van der Waals surface area (Å²) in [6, 6.07) is 1.85. The van der Waals surface area contributed by atoms with Crippen LogP contribution in [0.1, 0.15) is 64.2 Å². The molecule has 0 aromatic carbocycles. The van der Waals surface area contributed by atoms with Gasteiger partial charge < -0.3 is 31.5 Å². The van der Waals surface area contributed by atoms with Crippen molar-refractivity contribution in [1.82, 2.24) is 25.5 Å². The molecule has 0 radical (unpaired) electrons. The predicted octanol–water partition coefficient (Wildman–Crippen LogP) is 3.45. The number of hydrogen-bond donors (Lipinski definition) is 5. The molecule has 2 aliphatic carbocycles. The molecule has 0 bridgehead atoms. The van der Waals surface area contributed by atoms with Crippen LogP contribution in [0.25, 0.3) is 0 Å². The number of rotatable bonds is 15. The van der Waals surface area contributed by atoms with Crippen molar-refractivity contribution in [2.45, 2.75) is 64.2 Å². The van der Waals surface area contributed by atoms with Gasteiger partial charge in [0.25, 0.3) is 0 Å². The Bertz CT molecular complexity index is 909. The van der Waals surface area contributed by atoms with Gasteiger partial charge in [0.05, 0.1) is 0 Å². The Hall–Kier alpha value is -1.45. The minimum atomic E-state index is -2.96. The van der Waals surface area contributed by atoms with Gasteiger partial charge in [-0.3, -0.25) is 9.46 Å². The molecular formula is C29H55N8O2P. The van der Waals surface area contributed by atoms with E-state index in [0.29, 0.717) is 30.4 Å². The highest BCUT2D eigenvalue weighted by molar-refractivity contribution is 7.57. The first-order chi connectivity index (χ1) is 19.3. The van der Waals surface area contributed by atoms with Crippen molar-refractivity contribution >= 4 is 25.0 Å². The van der Waals surface area contributed by atoms with Gasteiger partial charge in [0.1, 0.15) is 11.6 Å². The molecule has 1 atom stereocenters. The second-order valence-electron chi connectivity index (χ2n) is 12.6. The summed E-state index contributed by atoms with van der Waals surface area (Å²) in [4.78, 5) is 23.3. The lowest BCUT2D eigenvalue weighted by atomic mass is 9.82. The molecule has 3 fully saturated rings. The molecule has 2 heterocycles. The number of hydrogen-bond acceptors (Lipinski definition) is 9. The van der Waals surface area contributed by atoms with Gasteiger partial charge >= 0.3 is 0 Å². The number of nitrogens with two attached hydrogens (primary N) is 1. The van der Waals surface area contributed by atoms with Crippen LogP contribution in [-0.2, 0) is 4.57 Å². The van der Waals surface area contributed by atoms with Crippen molar-refractivity contribution < 1.29 is 9.46 Å². The summed E-state index contributed by atoms with van der Waals surface area (Å²) in [6.45, 7) is 11.0. The highest BCUT2D eigenvalue weighted by Gasteiger charge is 2.23. The van der Waals surface area contributed by atoms with Gasteiger partial charge in [-0.05, 0) is 88.9 Å². The first kappa shape index (κ1) is 31.5. The monoisotopic (exact) mass is 578 g/mol. The maximum absolute atomic E-state index is 11.6. The summed E-state index contributed by atoms with van der Waals surface area (Å²) in [6.07, 6.45) is 13.8. The van der Waals surface area contributed by atoms with Gasteiger partial charge in [-0.1, -0.05) is 19.3 Å². The van der Waals surface area contributed by atoms with Crippen molar-refractivity contribution in [3.8, 4) is 0 Å². The largest absolute Gasteiger partial charge is 0.383 e. The lowest BCUT2D eigenvalue weighted by Gasteiger charge is -2.35. The molecule has 6 N–H and O–H groups in total. The van der Waals surface area contributed by atoms with Crippen molar-refractivity contribution in [2.24, 2.45) is 17.8 Å². The standard InChI is InChI=1S/C29H55N8O2P/c1-40(38,39)19-18-36-14-16-37(17-15-36)28-20-27(30)34-29(35-28)33-23-26-10-8-25(9-11-26)22-32-13-5-12-31-21-24-6-3-2-4-7-24/h20,24-26,31-32H,2-19,21-23H2,1H3,(H,38,39)(H3,30,33,34,35). The van der Waals surface area contributed by atoms with Crippen LogP contribution in [0, 0.1) is 17.8 Å². The molecule has 0 spiro atoms. The average molecular weight is 579 g/mol. The van der Waals surface area contributed by atoms with Gasteiger partial charge in [-0.2, -0.15) is 9.97 Å². The van der Waals surface area contributed by atoms with E-state index >= 15 is 0 Å². The van der Waals surface area contributed by atoms with E-state index in [4.69, 9.17) is 10.7 Å². The van der Waals surface area contributed by atoms with Crippen molar-refractivity contribution in [3.63, 3.8) is 0 Å². The maximum atomic E-state index is 11.6. The van der Waals surface area contributed by atoms with E-state index < -0.39 is 7.37 Å². The summed E-state index contributed by atoms with van der Waals surface area (Å²) in [5.41, 5.74) is 6.14. The molecule has 2 saturated carbocycles. The van der Waals surface area contributed by atoms with E-state index in [2.05, 4.69) is 30.7 Å². The topological polar surface area (TPSA) is 132 Å². The molecule has 0 amide bonds. The first-order valence-corrected chi connectivity index (χ1v) is 18.2. The second-order valence-corrected chi connectivity index (χ2v) is 15.2. The summed E-state index contributed by atoms with van der Waals surface area (Å²) in [5.74, 6) is 4.33. The molecule has 4 rings (SSSR count). The number of nitrogens with one attached hydrogen (secondary N) is 3. The summed E-state index contributed by atoms with van der Waals surface area (Å²) >= 11 is 0. The van der Waals surface area contributed by atoms with Gasteiger partial charge in [-0.15, -0.1) is 0 Å². The zero-order valence-electron chi connectivity index (χ0n) is 24.8. The molecule has 10 nitrogen and oxygen atoms in total. The SMILES string of the molecule is CP(=O)(O)CCN1CCN(c2cc(N)nc(NCC3CCC(CNCCCNCC4CCCCC4)CC3)n2)CC1. The fourth-order valence-corrected chi connectivity index (χ4v) is 7.09. The highest BCUT2D eigenvalue weighted by atomic mass is 31.2. The number of piperazine rings is 1. The average Bonchev–Trinajstić information content (AvgIpc) is 2.95. The molecule has 1 aromatic heterocycles. The van der Waals surface area contributed by atoms with E-state index in [1.54, 1.807) is 0 Å². The van der Waals surface area contributed by atoms with E-state index in [9.17, 15) is 9.46 Å². The highest BCUT2D eigenvalue weighted by Crippen LogP contribution is 2.34. The summed E-state index contributed by atoms with van der Waals surface area (Å²) in [5, 5.41) is 10.9. The van der Waals surface area contributed by atoms with Gasteiger partial charge in [-0.25, -0.2) is 0 Å². The van der Waals surface area contributed by atoms with Crippen LogP contribution in [0.3, 0.4) is 0 Å². The van der Waals surface area contributed by atoms with Crippen LogP contribution in [0.2, 0.25) is 0 Å². The normalized spacial score (nSPS) is 24.6. The quantitative estimate of drug-likeness (QED) is 0.156. The third-order valence-corrected chi connectivity index (χ3v) is 10.1. The molecular weight excluding hydrogens is 523 g/mol. The Morgan fingerprint density at radius 2 is 1.50 bits per heavy atom. The van der Waals surface area contributed by atoms with Crippen LogP contribution in [-0.4, -0.2) is 98.0 Å². The van der Waals surface area contributed by atoms with E-state index in [1.165, 1.54) is 77.4 Å². The second kappa shape index (κ2) is 16.3. The third kappa shape index (κ3) is 11.4. The number of nitrogen functional groups attached to an aromatic ring is 1. The van der Waals surface area contributed by atoms with E-state index in [0.717, 1.165) is 70.0 Å². The Kier molecular flexibility index (Phi) is 12.8. The first-order valence-electron chi connectivity index (χ1n) is 15.9. The lowest BCUT2D eigenvalue weighted by Crippen LogP contribution is -2.47. The maximum Gasteiger partial charge on any atom is 0.226 e. The van der Waals surface area contributed by atoms with Crippen molar-refractivity contribution in [3.05, 3.63) is 6.07 Å². The molecule has 1 unspecified atom stereocenters. The Balaban J connectivity index is 1.07. The molecule has 11 heteroatoms. The molecule has 3 aliphatic rings. The third-order valence-electron chi connectivity index (χ3n) is 9.07.